The zero-order valence-corrected chi connectivity index (χ0v) is 11.3. The fourth-order valence-electron chi connectivity index (χ4n) is 1.75. The van der Waals surface area contributed by atoms with Gasteiger partial charge in [0.2, 0.25) is 5.91 Å². The number of nitrogens with two attached hydrogens (primary N) is 1. The van der Waals surface area contributed by atoms with E-state index in [-0.39, 0.29) is 18.6 Å². The van der Waals surface area contributed by atoms with Crippen LogP contribution in [-0.2, 0) is 9.53 Å². The summed E-state index contributed by atoms with van der Waals surface area (Å²) in [5.41, 5.74) is 4.78. The third kappa shape index (κ3) is 4.13. The summed E-state index contributed by atoms with van der Waals surface area (Å²) in [6, 6.07) is -0.497. The first-order valence-electron chi connectivity index (χ1n) is 5.86. The van der Waals surface area contributed by atoms with Gasteiger partial charge in [0.05, 0.1) is 12.1 Å². The van der Waals surface area contributed by atoms with Crippen LogP contribution >= 0.6 is 11.8 Å². The van der Waals surface area contributed by atoms with E-state index >= 15 is 0 Å². The van der Waals surface area contributed by atoms with Crippen molar-refractivity contribution in [3.05, 3.63) is 0 Å². The molecule has 0 aromatic rings. The van der Waals surface area contributed by atoms with Gasteiger partial charge in [-0.05, 0) is 25.4 Å². The van der Waals surface area contributed by atoms with Crippen molar-refractivity contribution in [3.63, 3.8) is 0 Å². The third-order valence-corrected chi connectivity index (χ3v) is 3.84. The summed E-state index contributed by atoms with van der Waals surface area (Å²) in [5, 5.41) is 12.9. The van der Waals surface area contributed by atoms with Crippen LogP contribution in [0, 0.1) is 0 Å². The highest BCUT2D eigenvalue weighted by molar-refractivity contribution is 7.98. The SMILES string of the molecule is CSCC[C@H](N)C(=O)NCC1(O)CCOC1C. The second-order valence-electron chi connectivity index (χ2n) is 4.47. The lowest BCUT2D eigenvalue weighted by Gasteiger charge is -2.26. The molecule has 1 rings (SSSR count). The Balaban J connectivity index is 2.32. The molecule has 0 spiro atoms. The van der Waals surface area contributed by atoms with E-state index in [0.29, 0.717) is 19.4 Å². The average Bonchev–Trinajstić information content (AvgIpc) is 2.64. The fourth-order valence-corrected chi connectivity index (χ4v) is 2.24. The van der Waals surface area contributed by atoms with Gasteiger partial charge in [0.1, 0.15) is 5.60 Å². The maximum absolute atomic E-state index is 11.7. The summed E-state index contributed by atoms with van der Waals surface area (Å²) in [6.07, 6.45) is 2.93. The molecule has 4 N–H and O–H groups in total. The summed E-state index contributed by atoms with van der Waals surface area (Å²) >= 11 is 1.66. The minimum absolute atomic E-state index is 0.202. The molecule has 1 aliphatic rings. The molecule has 100 valence electrons. The Kier molecular flexibility index (Phi) is 5.72. The van der Waals surface area contributed by atoms with Crippen LogP contribution in [0.2, 0.25) is 0 Å². The molecule has 1 heterocycles. The van der Waals surface area contributed by atoms with Crippen LogP contribution in [0.3, 0.4) is 0 Å². The number of hydrogen-bond donors (Lipinski definition) is 3. The molecule has 0 radical (unpaired) electrons. The molecule has 0 bridgehead atoms. The molecule has 6 heteroatoms. The van der Waals surface area contributed by atoms with E-state index < -0.39 is 11.6 Å². The van der Waals surface area contributed by atoms with Gasteiger partial charge >= 0.3 is 0 Å². The molecule has 17 heavy (non-hydrogen) atoms. The van der Waals surface area contributed by atoms with Crippen molar-refractivity contribution in [1.82, 2.24) is 5.32 Å². The predicted octanol–water partition coefficient (Wildman–Crippen LogP) is -0.277. The van der Waals surface area contributed by atoms with Gasteiger partial charge in [-0.15, -0.1) is 0 Å². The van der Waals surface area contributed by atoms with Crippen LogP contribution in [0.1, 0.15) is 19.8 Å². The first-order chi connectivity index (χ1) is 7.99. The van der Waals surface area contributed by atoms with Crippen molar-refractivity contribution in [3.8, 4) is 0 Å². The molecule has 0 aromatic heterocycles. The van der Waals surface area contributed by atoms with Crippen LogP contribution in [-0.4, -0.2) is 53.9 Å². The van der Waals surface area contributed by atoms with E-state index in [1.165, 1.54) is 0 Å². The van der Waals surface area contributed by atoms with Gasteiger partial charge in [-0.25, -0.2) is 0 Å². The molecule has 0 saturated carbocycles. The van der Waals surface area contributed by atoms with Gasteiger partial charge in [-0.3, -0.25) is 4.79 Å². The molecule has 1 amide bonds. The molecule has 5 nitrogen and oxygen atoms in total. The maximum Gasteiger partial charge on any atom is 0.237 e. The highest BCUT2D eigenvalue weighted by Crippen LogP contribution is 2.24. The molecular formula is C11H22N2O3S. The predicted molar refractivity (Wildman–Crippen MR) is 69.0 cm³/mol. The number of thioether (sulfide) groups is 1. The van der Waals surface area contributed by atoms with Crippen LogP contribution in [0.15, 0.2) is 0 Å². The Bertz CT molecular complexity index is 265. The first kappa shape index (κ1) is 14.8. The van der Waals surface area contributed by atoms with E-state index in [1.54, 1.807) is 11.8 Å². The van der Waals surface area contributed by atoms with Crippen LogP contribution in [0.4, 0.5) is 0 Å². The van der Waals surface area contributed by atoms with Crippen molar-refractivity contribution in [2.45, 2.75) is 37.5 Å². The Morgan fingerprint density at radius 2 is 2.47 bits per heavy atom. The molecule has 3 atom stereocenters. The smallest absolute Gasteiger partial charge is 0.237 e. The van der Waals surface area contributed by atoms with Crippen LogP contribution in [0.5, 0.6) is 0 Å². The number of carbonyl (C=O) groups is 1. The Labute approximate surface area is 106 Å². The van der Waals surface area contributed by atoms with Crippen molar-refractivity contribution in [2.24, 2.45) is 5.73 Å². The summed E-state index contributed by atoms with van der Waals surface area (Å²) < 4.78 is 5.29. The van der Waals surface area contributed by atoms with Gasteiger partial charge in [0.25, 0.3) is 0 Å². The minimum Gasteiger partial charge on any atom is -0.385 e. The quantitative estimate of drug-likeness (QED) is 0.613. The molecular weight excluding hydrogens is 240 g/mol. The first-order valence-corrected chi connectivity index (χ1v) is 7.25. The number of rotatable bonds is 6. The summed E-state index contributed by atoms with van der Waals surface area (Å²) in [5.74, 6) is 0.657. The van der Waals surface area contributed by atoms with Crippen molar-refractivity contribution < 1.29 is 14.6 Å². The zero-order chi connectivity index (χ0) is 12.9. The van der Waals surface area contributed by atoms with E-state index in [2.05, 4.69) is 5.32 Å². The van der Waals surface area contributed by atoms with Gasteiger partial charge in [0.15, 0.2) is 0 Å². The number of amides is 1. The molecule has 1 aliphatic heterocycles. The van der Waals surface area contributed by atoms with Crippen LogP contribution < -0.4 is 11.1 Å². The van der Waals surface area contributed by atoms with Crippen molar-refractivity contribution in [1.29, 1.82) is 0 Å². The standard InChI is InChI=1S/C11H22N2O3S/c1-8-11(15,4-5-16-8)7-13-10(14)9(12)3-6-17-2/h8-9,15H,3-7,12H2,1-2H3,(H,13,14)/t8?,9-,11?/m0/s1. The van der Waals surface area contributed by atoms with E-state index in [0.717, 1.165) is 5.75 Å². The third-order valence-electron chi connectivity index (χ3n) is 3.20. The average molecular weight is 262 g/mol. The normalized spacial score (nSPS) is 30.2. The second kappa shape index (κ2) is 6.58. The minimum atomic E-state index is -0.950. The molecule has 0 aliphatic carbocycles. The number of carbonyl (C=O) groups excluding carboxylic acids is 1. The van der Waals surface area contributed by atoms with Crippen molar-refractivity contribution >= 4 is 17.7 Å². The highest BCUT2D eigenvalue weighted by atomic mass is 32.2. The number of ether oxygens (including phenoxy) is 1. The van der Waals surface area contributed by atoms with E-state index in [9.17, 15) is 9.90 Å². The largest absolute Gasteiger partial charge is 0.385 e. The van der Waals surface area contributed by atoms with E-state index in [1.807, 2.05) is 13.2 Å². The lowest BCUT2D eigenvalue weighted by atomic mass is 9.96. The number of hydrogen-bond acceptors (Lipinski definition) is 5. The topological polar surface area (TPSA) is 84.6 Å². The van der Waals surface area contributed by atoms with Gasteiger partial charge < -0.3 is 20.9 Å². The Morgan fingerprint density at radius 1 is 1.76 bits per heavy atom. The highest BCUT2D eigenvalue weighted by Gasteiger charge is 2.39. The maximum atomic E-state index is 11.7. The number of nitrogens with one attached hydrogen (secondary N) is 1. The summed E-state index contributed by atoms with van der Waals surface area (Å²) in [6.45, 7) is 2.55. The summed E-state index contributed by atoms with van der Waals surface area (Å²) in [7, 11) is 0. The van der Waals surface area contributed by atoms with Gasteiger partial charge in [0, 0.05) is 19.6 Å². The monoisotopic (exact) mass is 262 g/mol. The molecule has 1 fully saturated rings. The Morgan fingerprint density at radius 3 is 3.00 bits per heavy atom. The molecule has 1 saturated heterocycles. The number of aliphatic hydroxyl groups is 1. The second-order valence-corrected chi connectivity index (χ2v) is 5.46. The van der Waals surface area contributed by atoms with Gasteiger partial charge in [-0.2, -0.15) is 11.8 Å². The van der Waals surface area contributed by atoms with Crippen LogP contribution in [0.25, 0.3) is 0 Å². The molecule has 0 aromatic carbocycles. The lowest BCUT2D eigenvalue weighted by molar-refractivity contribution is -0.124. The van der Waals surface area contributed by atoms with E-state index in [4.69, 9.17) is 10.5 Å². The molecule has 2 unspecified atom stereocenters. The lowest BCUT2D eigenvalue weighted by Crippen LogP contribution is -2.51. The Hall–Kier alpha value is -0.300. The summed E-state index contributed by atoms with van der Waals surface area (Å²) in [4.78, 5) is 11.7. The zero-order valence-electron chi connectivity index (χ0n) is 10.4. The van der Waals surface area contributed by atoms with Crippen molar-refractivity contribution in [2.75, 3.05) is 25.2 Å². The fraction of sp³-hybridized carbons (Fsp3) is 0.909. The van der Waals surface area contributed by atoms with Gasteiger partial charge in [-0.1, -0.05) is 0 Å².